The van der Waals surface area contributed by atoms with Crippen molar-refractivity contribution < 1.29 is 14.3 Å². The van der Waals surface area contributed by atoms with E-state index < -0.39 is 18.1 Å². The number of nitrogens with two attached hydrogens (primary N) is 2. The SMILES string of the molecule is COC(=O)[C@H](CCCCN)NC(=O)[C@H](C)N. The lowest BCUT2D eigenvalue weighted by atomic mass is 10.1. The molecular formula is C10H21N3O3. The van der Waals surface area contributed by atoms with E-state index in [0.717, 1.165) is 12.8 Å². The number of esters is 1. The second kappa shape index (κ2) is 8.06. The van der Waals surface area contributed by atoms with Gasteiger partial charge in [0.2, 0.25) is 5.91 Å². The Hall–Kier alpha value is -1.14. The van der Waals surface area contributed by atoms with E-state index in [1.807, 2.05) is 0 Å². The molecule has 0 spiro atoms. The number of carbonyl (C=O) groups excluding carboxylic acids is 2. The van der Waals surface area contributed by atoms with Gasteiger partial charge < -0.3 is 21.5 Å². The molecule has 0 aliphatic rings. The quantitative estimate of drug-likeness (QED) is 0.389. The summed E-state index contributed by atoms with van der Waals surface area (Å²) in [6.45, 7) is 2.12. The van der Waals surface area contributed by atoms with Gasteiger partial charge in [0.1, 0.15) is 6.04 Å². The van der Waals surface area contributed by atoms with Gasteiger partial charge in [0.05, 0.1) is 13.2 Å². The summed E-state index contributed by atoms with van der Waals surface area (Å²) in [5.41, 5.74) is 10.7. The minimum Gasteiger partial charge on any atom is -0.467 e. The third-order valence-electron chi connectivity index (χ3n) is 2.16. The van der Waals surface area contributed by atoms with E-state index in [2.05, 4.69) is 10.1 Å². The molecule has 6 nitrogen and oxygen atoms in total. The van der Waals surface area contributed by atoms with Crippen LogP contribution in [0, 0.1) is 0 Å². The molecule has 2 atom stereocenters. The maximum Gasteiger partial charge on any atom is 0.328 e. The Bertz CT molecular complexity index is 231. The molecule has 5 N–H and O–H groups in total. The number of nitrogens with one attached hydrogen (secondary N) is 1. The van der Waals surface area contributed by atoms with Crippen molar-refractivity contribution in [2.45, 2.75) is 38.3 Å². The molecular weight excluding hydrogens is 210 g/mol. The van der Waals surface area contributed by atoms with Crippen LogP contribution in [-0.4, -0.2) is 37.6 Å². The van der Waals surface area contributed by atoms with Gasteiger partial charge in [0.25, 0.3) is 0 Å². The predicted octanol–water partition coefficient (Wildman–Crippen LogP) is -0.880. The Morgan fingerprint density at radius 2 is 2.00 bits per heavy atom. The lowest BCUT2D eigenvalue weighted by Gasteiger charge is -2.17. The molecule has 0 unspecified atom stereocenters. The molecule has 0 aromatic carbocycles. The van der Waals surface area contributed by atoms with Crippen LogP contribution >= 0.6 is 0 Å². The second-order valence-corrected chi connectivity index (χ2v) is 3.66. The van der Waals surface area contributed by atoms with Gasteiger partial charge in [-0.05, 0) is 32.7 Å². The van der Waals surface area contributed by atoms with Crippen LogP contribution in [0.2, 0.25) is 0 Å². The van der Waals surface area contributed by atoms with Crippen LogP contribution in [0.3, 0.4) is 0 Å². The molecule has 0 aliphatic heterocycles. The molecule has 0 rings (SSSR count). The van der Waals surface area contributed by atoms with Crippen molar-refractivity contribution in [2.75, 3.05) is 13.7 Å². The van der Waals surface area contributed by atoms with Crippen LogP contribution in [-0.2, 0) is 14.3 Å². The first-order valence-electron chi connectivity index (χ1n) is 5.36. The van der Waals surface area contributed by atoms with Gasteiger partial charge >= 0.3 is 5.97 Å². The number of hydrogen-bond donors (Lipinski definition) is 3. The Balaban J connectivity index is 4.20. The van der Waals surface area contributed by atoms with Crippen LogP contribution in [0.25, 0.3) is 0 Å². The molecule has 0 fully saturated rings. The van der Waals surface area contributed by atoms with Crippen LogP contribution in [0.4, 0.5) is 0 Å². The first-order valence-corrected chi connectivity index (χ1v) is 5.36. The summed E-state index contributed by atoms with van der Waals surface area (Å²) in [6, 6.07) is -1.27. The van der Waals surface area contributed by atoms with E-state index in [9.17, 15) is 9.59 Å². The smallest absolute Gasteiger partial charge is 0.328 e. The highest BCUT2D eigenvalue weighted by Gasteiger charge is 2.22. The fourth-order valence-corrected chi connectivity index (χ4v) is 1.19. The van der Waals surface area contributed by atoms with Crippen LogP contribution in [0.15, 0.2) is 0 Å². The molecule has 0 bridgehead atoms. The third-order valence-corrected chi connectivity index (χ3v) is 2.16. The molecule has 0 aromatic heterocycles. The molecule has 0 aromatic rings. The van der Waals surface area contributed by atoms with Crippen LogP contribution in [0.1, 0.15) is 26.2 Å². The Labute approximate surface area is 95.7 Å². The topological polar surface area (TPSA) is 107 Å². The van der Waals surface area contributed by atoms with Gasteiger partial charge in [-0.1, -0.05) is 0 Å². The summed E-state index contributed by atoms with van der Waals surface area (Å²) in [5, 5.41) is 2.55. The molecule has 94 valence electrons. The van der Waals surface area contributed by atoms with Crippen molar-refractivity contribution in [2.24, 2.45) is 11.5 Å². The van der Waals surface area contributed by atoms with E-state index in [0.29, 0.717) is 13.0 Å². The fraction of sp³-hybridized carbons (Fsp3) is 0.800. The first kappa shape index (κ1) is 14.9. The third kappa shape index (κ3) is 5.67. The van der Waals surface area contributed by atoms with E-state index in [-0.39, 0.29) is 5.91 Å². The van der Waals surface area contributed by atoms with Crippen molar-refractivity contribution >= 4 is 11.9 Å². The van der Waals surface area contributed by atoms with Crippen molar-refractivity contribution in [3.63, 3.8) is 0 Å². The zero-order valence-corrected chi connectivity index (χ0v) is 9.86. The monoisotopic (exact) mass is 231 g/mol. The molecule has 6 heteroatoms. The molecule has 1 amide bonds. The Morgan fingerprint density at radius 1 is 1.38 bits per heavy atom. The highest BCUT2D eigenvalue weighted by Crippen LogP contribution is 2.02. The summed E-state index contributed by atoms with van der Waals surface area (Å²) < 4.78 is 4.60. The van der Waals surface area contributed by atoms with E-state index in [1.165, 1.54) is 7.11 Å². The average Bonchev–Trinajstić information content (AvgIpc) is 2.26. The number of rotatable bonds is 7. The van der Waals surface area contributed by atoms with Gasteiger partial charge in [-0.2, -0.15) is 0 Å². The largest absolute Gasteiger partial charge is 0.467 e. The van der Waals surface area contributed by atoms with Gasteiger partial charge in [0, 0.05) is 0 Å². The number of ether oxygens (including phenoxy) is 1. The maximum absolute atomic E-state index is 11.4. The van der Waals surface area contributed by atoms with Crippen molar-refractivity contribution in [3.8, 4) is 0 Å². The summed E-state index contributed by atoms with van der Waals surface area (Å²) in [6.07, 6.45) is 2.08. The molecule has 16 heavy (non-hydrogen) atoms. The minimum atomic E-state index is -0.637. The second-order valence-electron chi connectivity index (χ2n) is 3.66. The normalized spacial score (nSPS) is 14.0. The lowest BCUT2D eigenvalue weighted by Crippen LogP contribution is -2.47. The first-order chi connectivity index (χ1) is 7.52. The lowest BCUT2D eigenvalue weighted by molar-refractivity contribution is -0.145. The summed E-state index contributed by atoms with van der Waals surface area (Å²) in [5.74, 6) is -0.811. The van der Waals surface area contributed by atoms with E-state index in [1.54, 1.807) is 6.92 Å². The highest BCUT2D eigenvalue weighted by molar-refractivity contribution is 5.87. The highest BCUT2D eigenvalue weighted by atomic mass is 16.5. The Kier molecular flexibility index (Phi) is 7.49. The number of methoxy groups -OCH3 is 1. The van der Waals surface area contributed by atoms with Crippen molar-refractivity contribution in [3.05, 3.63) is 0 Å². The van der Waals surface area contributed by atoms with E-state index >= 15 is 0 Å². The molecule has 0 radical (unpaired) electrons. The number of carbonyl (C=O) groups is 2. The van der Waals surface area contributed by atoms with Crippen molar-refractivity contribution in [1.82, 2.24) is 5.32 Å². The fourth-order valence-electron chi connectivity index (χ4n) is 1.19. The van der Waals surface area contributed by atoms with Gasteiger partial charge in [-0.25, -0.2) is 4.79 Å². The summed E-state index contributed by atoms with van der Waals surface area (Å²) in [7, 11) is 1.29. The van der Waals surface area contributed by atoms with Crippen molar-refractivity contribution in [1.29, 1.82) is 0 Å². The molecule has 0 heterocycles. The zero-order chi connectivity index (χ0) is 12.6. The molecule has 0 saturated carbocycles. The van der Waals surface area contributed by atoms with Crippen LogP contribution in [0.5, 0.6) is 0 Å². The predicted molar refractivity (Wildman–Crippen MR) is 60.5 cm³/mol. The standard InChI is InChI=1S/C10H21N3O3/c1-7(12)9(14)13-8(10(15)16-2)5-3-4-6-11/h7-8H,3-6,11-12H2,1-2H3,(H,13,14)/t7-,8-/m0/s1. The summed E-state index contributed by atoms with van der Waals surface area (Å²) >= 11 is 0. The minimum absolute atomic E-state index is 0.358. The number of amides is 1. The van der Waals surface area contributed by atoms with E-state index in [4.69, 9.17) is 11.5 Å². The number of hydrogen-bond acceptors (Lipinski definition) is 5. The molecule has 0 saturated heterocycles. The van der Waals surface area contributed by atoms with Gasteiger partial charge in [0.15, 0.2) is 0 Å². The zero-order valence-electron chi connectivity index (χ0n) is 9.86. The van der Waals surface area contributed by atoms with Crippen LogP contribution < -0.4 is 16.8 Å². The maximum atomic E-state index is 11.4. The Morgan fingerprint density at radius 3 is 2.44 bits per heavy atom. The van der Waals surface area contributed by atoms with Gasteiger partial charge in [-0.3, -0.25) is 4.79 Å². The number of unbranched alkanes of at least 4 members (excludes halogenated alkanes) is 1. The summed E-state index contributed by atoms with van der Waals surface area (Å²) in [4.78, 5) is 22.7. The molecule has 0 aliphatic carbocycles. The average molecular weight is 231 g/mol. The van der Waals surface area contributed by atoms with Gasteiger partial charge in [-0.15, -0.1) is 0 Å².